The average Bonchev–Trinajstić information content (AvgIpc) is 2.77. The van der Waals surface area contributed by atoms with Crippen molar-refractivity contribution in [3.63, 3.8) is 0 Å². The molecule has 164 valence electrons. The number of amides is 1. The molecule has 0 saturated carbocycles. The maximum absolute atomic E-state index is 12.9. The van der Waals surface area contributed by atoms with Gasteiger partial charge in [0.1, 0.15) is 11.4 Å². The highest BCUT2D eigenvalue weighted by molar-refractivity contribution is 6.01. The fraction of sp³-hybridized carbons (Fsp3) is 0.440. The molecule has 6 nitrogen and oxygen atoms in total. The molecule has 0 aromatic heterocycles. The Morgan fingerprint density at radius 3 is 2.45 bits per heavy atom. The second-order valence-corrected chi connectivity index (χ2v) is 8.52. The summed E-state index contributed by atoms with van der Waals surface area (Å²) in [5.41, 5.74) is 3.19. The number of benzene rings is 2. The van der Waals surface area contributed by atoms with Gasteiger partial charge in [0.15, 0.2) is 17.3 Å². The zero-order valence-corrected chi connectivity index (χ0v) is 18.6. The quantitative estimate of drug-likeness (QED) is 0.747. The molecule has 1 amide bonds. The van der Waals surface area contributed by atoms with Crippen LogP contribution in [0, 0.1) is 13.8 Å². The summed E-state index contributed by atoms with van der Waals surface area (Å²) >= 11 is 0. The van der Waals surface area contributed by atoms with E-state index < -0.39 is 5.60 Å². The van der Waals surface area contributed by atoms with E-state index in [1.807, 2.05) is 49.1 Å². The fourth-order valence-electron chi connectivity index (χ4n) is 4.50. The number of hydrogen-bond donors (Lipinski definition) is 0. The van der Waals surface area contributed by atoms with Crippen molar-refractivity contribution in [3.8, 4) is 17.2 Å². The smallest absolute Gasteiger partial charge is 0.226 e. The maximum atomic E-state index is 12.9. The van der Waals surface area contributed by atoms with Crippen molar-refractivity contribution in [2.75, 3.05) is 27.3 Å². The molecule has 31 heavy (non-hydrogen) atoms. The SMILES string of the molecule is COc1ccc(CC(=O)N2CCC3(CC2)CC(=O)c2ccc(C)c(C)c2O3)cc1OC. The standard InChI is InChI=1S/C25H29NO5/c1-16-5-7-19-20(27)15-25(31-24(19)17(16)2)9-11-26(12-10-25)23(28)14-18-6-8-21(29-3)22(13-18)30-4/h5-8,13H,9-12,14-15H2,1-4H3. The minimum Gasteiger partial charge on any atom is -0.493 e. The molecule has 1 spiro atoms. The highest BCUT2D eigenvalue weighted by Crippen LogP contribution is 2.41. The molecule has 1 fully saturated rings. The van der Waals surface area contributed by atoms with Gasteiger partial charge in [-0.05, 0) is 48.7 Å². The number of Topliss-reactive ketones (excluding diaryl/α,β-unsaturated/α-hetero) is 1. The fourth-order valence-corrected chi connectivity index (χ4v) is 4.50. The Balaban J connectivity index is 1.43. The van der Waals surface area contributed by atoms with Crippen LogP contribution in [0.1, 0.15) is 46.3 Å². The van der Waals surface area contributed by atoms with Crippen molar-refractivity contribution in [2.24, 2.45) is 0 Å². The first-order valence-electron chi connectivity index (χ1n) is 10.7. The summed E-state index contributed by atoms with van der Waals surface area (Å²) in [5, 5.41) is 0. The Labute approximate surface area is 183 Å². The van der Waals surface area contributed by atoms with Gasteiger partial charge in [0.25, 0.3) is 0 Å². The van der Waals surface area contributed by atoms with E-state index in [2.05, 4.69) is 0 Å². The number of hydrogen-bond acceptors (Lipinski definition) is 5. The molecule has 2 aliphatic heterocycles. The molecule has 6 heteroatoms. The summed E-state index contributed by atoms with van der Waals surface area (Å²) in [5.74, 6) is 2.18. The second-order valence-electron chi connectivity index (χ2n) is 8.52. The van der Waals surface area contributed by atoms with E-state index in [9.17, 15) is 9.59 Å². The first-order chi connectivity index (χ1) is 14.9. The van der Waals surface area contributed by atoms with E-state index in [4.69, 9.17) is 14.2 Å². The number of fused-ring (bicyclic) bond motifs is 1. The van der Waals surface area contributed by atoms with Crippen LogP contribution in [-0.2, 0) is 11.2 Å². The van der Waals surface area contributed by atoms with Crippen LogP contribution < -0.4 is 14.2 Å². The third-order valence-electron chi connectivity index (χ3n) is 6.61. The van der Waals surface area contributed by atoms with Crippen LogP contribution >= 0.6 is 0 Å². The van der Waals surface area contributed by atoms with Gasteiger partial charge in [0, 0.05) is 25.9 Å². The zero-order chi connectivity index (χ0) is 22.2. The number of piperidine rings is 1. The molecule has 4 rings (SSSR count). The lowest BCUT2D eigenvalue weighted by Crippen LogP contribution is -2.52. The lowest BCUT2D eigenvalue weighted by molar-refractivity contribution is -0.134. The topological polar surface area (TPSA) is 65.1 Å². The van der Waals surface area contributed by atoms with E-state index >= 15 is 0 Å². The summed E-state index contributed by atoms with van der Waals surface area (Å²) in [6.45, 7) is 5.20. The minimum atomic E-state index is -0.511. The van der Waals surface area contributed by atoms with Gasteiger partial charge in [-0.25, -0.2) is 0 Å². The molecule has 0 aliphatic carbocycles. The number of carbonyl (C=O) groups is 2. The Hall–Kier alpha value is -3.02. The third-order valence-corrected chi connectivity index (χ3v) is 6.61. The van der Waals surface area contributed by atoms with E-state index in [1.165, 1.54) is 0 Å². The van der Waals surface area contributed by atoms with Crippen LogP contribution in [0.25, 0.3) is 0 Å². The number of ketones is 1. The average molecular weight is 424 g/mol. The van der Waals surface area contributed by atoms with Crippen LogP contribution in [0.4, 0.5) is 0 Å². The first-order valence-corrected chi connectivity index (χ1v) is 10.7. The molecule has 0 atom stereocenters. The van der Waals surface area contributed by atoms with Crippen LogP contribution in [0.5, 0.6) is 17.2 Å². The molecule has 2 heterocycles. The number of nitrogens with zero attached hydrogens (tertiary/aromatic N) is 1. The van der Waals surface area contributed by atoms with Gasteiger partial charge in [-0.3, -0.25) is 9.59 Å². The second kappa shape index (κ2) is 8.25. The molecule has 0 bridgehead atoms. The molecule has 0 N–H and O–H groups in total. The zero-order valence-electron chi connectivity index (χ0n) is 18.6. The molecule has 0 unspecified atom stereocenters. The summed E-state index contributed by atoms with van der Waals surface area (Å²) in [6, 6.07) is 9.39. The van der Waals surface area contributed by atoms with Crippen LogP contribution in [0.2, 0.25) is 0 Å². The number of aryl methyl sites for hydroxylation is 1. The van der Waals surface area contributed by atoms with Crippen LogP contribution in [0.3, 0.4) is 0 Å². The van der Waals surface area contributed by atoms with Crippen molar-refractivity contribution < 1.29 is 23.8 Å². The predicted octanol–water partition coefficient (Wildman–Crippen LogP) is 3.89. The summed E-state index contributed by atoms with van der Waals surface area (Å²) in [6.07, 6.45) is 1.99. The third kappa shape index (κ3) is 3.99. The number of ether oxygens (including phenoxy) is 3. The molecule has 2 aliphatic rings. The van der Waals surface area contributed by atoms with Gasteiger partial charge in [0.05, 0.1) is 32.6 Å². The lowest BCUT2D eigenvalue weighted by Gasteiger charge is -2.44. The van der Waals surface area contributed by atoms with Crippen molar-refractivity contribution in [1.29, 1.82) is 0 Å². The van der Waals surface area contributed by atoms with E-state index in [1.54, 1.807) is 14.2 Å². The highest BCUT2D eigenvalue weighted by Gasteiger charge is 2.44. The molecule has 2 aromatic carbocycles. The van der Waals surface area contributed by atoms with Gasteiger partial charge in [-0.2, -0.15) is 0 Å². The van der Waals surface area contributed by atoms with E-state index in [0.29, 0.717) is 55.8 Å². The molecular formula is C25H29NO5. The van der Waals surface area contributed by atoms with Crippen molar-refractivity contribution in [1.82, 2.24) is 4.90 Å². The molecule has 1 saturated heterocycles. The van der Waals surface area contributed by atoms with E-state index in [0.717, 1.165) is 22.4 Å². The number of likely N-dealkylation sites (tertiary alicyclic amines) is 1. The summed E-state index contributed by atoms with van der Waals surface area (Å²) in [7, 11) is 3.17. The summed E-state index contributed by atoms with van der Waals surface area (Å²) in [4.78, 5) is 27.6. The number of carbonyl (C=O) groups excluding carboxylic acids is 2. The first kappa shape index (κ1) is 21.2. The minimum absolute atomic E-state index is 0.0663. The Bertz CT molecular complexity index is 1020. The van der Waals surface area contributed by atoms with Crippen molar-refractivity contribution >= 4 is 11.7 Å². The van der Waals surface area contributed by atoms with Gasteiger partial charge >= 0.3 is 0 Å². The van der Waals surface area contributed by atoms with E-state index in [-0.39, 0.29) is 11.7 Å². The Kier molecular flexibility index (Phi) is 5.65. The van der Waals surface area contributed by atoms with Gasteiger partial charge in [-0.15, -0.1) is 0 Å². The normalized spacial score (nSPS) is 17.2. The molecular weight excluding hydrogens is 394 g/mol. The lowest BCUT2D eigenvalue weighted by atomic mass is 9.81. The Morgan fingerprint density at radius 1 is 1.06 bits per heavy atom. The molecule has 2 aromatic rings. The highest BCUT2D eigenvalue weighted by atomic mass is 16.5. The van der Waals surface area contributed by atoms with Crippen LogP contribution in [-0.4, -0.2) is 49.5 Å². The Morgan fingerprint density at radius 2 is 1.77 bits per heavy atom. The van der Waals surface area contributed by atoms with Gasteiger partial charge < -0.3 is 19.1 Å². The number of methoxy groups -OCH3 is 2. The monoisotopic (exact) mass is 423 g/mol. The van der Waals surface area contributed by atoms with Crippen molar-refractivity contribution in [2.45, 2.75) is 45.1 Å². The maximum Gasteiger partial charge on any atom is 0.226 e. The largest absolute Gasteiger partial charge is 0.493 e. The van der Waals surface area contributed by atoms with Gasteiger partial charge in [0.2, 0.25) is 5.91 Å². The van der Waals surface area contributed by atoms with Crippen molar-refractivity contribution in [3.05, 3.63) is 52.6 Å². The summed E-state index contributed by atoms with van der Waals surface area (Å²) < 4.78 is 17.1. The van der Waals surface area contributed by atoms with Crippen LogP contribution in [0.15, 0.2) is 30.3 Å². The predicted molar refractivity (Wildman–Crippen MR) is 117 cm³/mol. The number of rotatable bonds is 4. The molecule has 0 radical (unpaired) electrons. The van der Waals surface area contributed by atoms with Gasteiger partial charge in [-0.1, -0.05) is 12.1 Å².